The van der Waals surface area contributed by atoms with Gasteiger partial charge in [0.2, 0.25) is 11.6 Å². The molecule has 1 aromatic heterocycles. The van der Waals surface area contributed by atoms with Crippen molar-refractivity contribution in [2.75, 3.05) is 25.1 Å². The van der Waals surface area contributed by atoms with Gasteiger partial charge in [-0.15, -0.1) is 0 Å². The van der Waals surface area contributed by atoms with Crippen molar-refractivity contribution in [1.82, 2.24) is 15.4 Å². The number of nitrogens with one attached hydrogen (secondary N) is 1. The van der Waals surface area contributed by atoms with Crippen LogP contribution in [0.5, 0.6) is 5.75 Å². The van der Waals surface area contributed by atoms with E-state index in [-0.39, 0.29) is 40.0 Å². The van der Waals surface area contributed by atoms with Crippen molar-refractivity contribution in [3.63, 3.8) is 0 Å². The number of ether oxygens (including phenoxy) is 2. The molecule has 0 radical (unpaired) electrons. The number of hydrogen-bond acceptors (Lipinski definition) is 11. The Morgan fingerprint density at radius 1 is 1.08 bits per heavy atom. The molecule has 2 aromatic carbocycles. The van der Waals surface area contributed by atoms with Crippen LogP contribution in [0.25, 0.3) is 0 Å². The number of halogens is 5. The van der Waals surface area contributed by atoms with E-state index in [4.69, 9.17) is 9.47 Å². The van der Waals surface area contributed by atoms with Crippen LogP contribution in [-0.4, -0.2) is 62.2 Å². The Balaban J connectivity index is 1.52. The van der Waals surface area contributed by atoms with Gasteiger partial charge in [0, 0.05) is 38.1 Å². The predicted molar refractivity (Wildman–Crippen MR) is 166 cm³/mol. The molecule has 1 atom stereocenters. The number of amidine groups is 1. The molecule has 11 nitrogen and oxygen atoms in total. The topological polar surface area (TPSA) is 135 Å². The molecule has 1 N–H and O–H groups in total. The Labute approximate surface area is 276 Å². The highest BCUT2D eigenvalue weighted by Gasteiger charge is 2.44. The summed E-state index contributed by atoms with van der Waals surface area (Å²) in [6.45, 7) is 5.53. The van der Waals surface area contributed by atoms with E-state index in [1.165, 1.54) is 14.0 Å². The monoisotopic (exact) mass is 712 g/mol. The second-order valence-electron chi connectivity index (χ2n) is 11.4. The number of hydrazone groups is 1. The maximum Gasteiger partial charge on any atom is 0.302 e. The van der Waals surface area contributed by atoms with Crippen molar-refractivity contribution in [1.29, 1.82) is 0 Å². The third kappa shape index (κ3) is 6.67. The van der Waals surface area contributed by atoms with E-state index in [1.54, 1.807) is 11.8 Å². The van der Waals surface area contributed by atoms with Crippen molar-refractivity contribution in [2.24, 2.45) is 10.1 Å². The number of aromatic nitrogens is 2. The van der Waals surface area contributed by atoms with E-state index >= 15 is 4.39 Å². The van der Waals surface area contributed by atoms with Crippen molar-refractivity contribution in [3.8, 4) is 5.75 Å². The number of carbonyl (C=O) groups is 1. The molecular formula is C30H29F5N6O5S2. The lowest BCUT2D eigenvalue weighted by molar-refractivity contribution is -0.145. The standard InChI is InChI=1S/C30H29F5N6O5S2/c1-14-10-22(40-39-14)36-27-26(45-5)28(41-9-8-16(13-41)46-15(2)42)38-29(37-27)47-21-7-6-17(11-18(21)31)48(43,44)30(3,4)23-24(34)19(32)12-20(33)25(23)35/h6-7,11-12,16H,8-10,13H2,1-5H3,(H,36,37,38,40). The fourth-order valence-corrected chi connectivity index (χ4v) is 7.51. The van der Waals surface area contributed by atoms with Gasteiger partial charge in [-0.25, -0.2) is 40.3 Å². The van der Waals surface area contributed by atoms with E-state index in [1.807, 2.05) is 0 Å². The molecule has 0 amide bonds. The first-order chi connectivity index (χ1) is 22.5. The lowest BCUT2D eigenvalue weighted by Gasteiger charge is -2.26. The summed E-state index contributed by atoms with van der Waals surface area (Å²) in [6.07, 6.45) is 0.493. The number of rotatable bonds is 9. The average Bonchev–Trinajstić information content (AvgIpc) is 3.64. The van der Waals surface area contributed by atoms with E-state index in [0.29, 0.717) is 31.3 Å². The van der Waals surface area contributed by atoms with Crippen LogP contribution in [0.2, 0.25) is 0 Å². The highest BCUT2D eigenvalue weighted by atomic mass is 32.2. The first-order valence-electron chi connectivity index (χ1n) is 14.3. The molecule has 1 saturated heterocycles. The van der Waals surface area contributed by atoms with Gasteiger partial charge >= 0.3 is 5.97 Å². The normalized spacial score (nSPS) is 17.5. The summed E-state index contributed by atoms with van der Waals surface area (Å²) < 4.78 is 108. The number of methoxy groups -OCH3 is 1. The summed E-state index contributed by atoms with van der Waals surface area (Å²) in [5, 5.41) is 4.09. The van der Waals surface area contributed by atoms with Gasteiger partial charge in [-0.1, -0.05) is 0 Å². The number of aliphatic imine (C=N–C) groups is 1. The quantitative estimate of drug-likeness (QED) is 0.130. The summed E-state index contributed by atoms with van der Waals surface area (Å²) in [5.74, 6) is -7.80. The molecule has 5 rings (SSSR count). The zero-order chi connectivity index (χ0) is 35.1. The highest BCUT2D eigenvalue weighted by Crippen LogP contribution is 2.42. The van der Waals surface area contributed by atoms with Crippen LogP contribution in [0.3, 0.4) is 0 Å². The van der Waals surface area contributed by atoms with Gasteiger partial charge in [-0.05, 0) is 50.7 Å². The Bertz CT molecular complexity index is 1950. The summed E-state index contributed by atoms with van der Waals surface area (Å²) in [4.78, 5) is 26.1. The van der Waals surface area contributed by atoms with E-state index in [2.05, 4.69) is 25.5 Å². The number of carbonyl (C=O) groups excluding carboxylic acids is 1. The Hall–Kier alpha value is -4.32. The van der Waals surface area contributed by atoms with E-state index in [0.717, 1.165) is 43.5 Å². The van der Waals surface area contributed by atoms with E-state index in [9.17, 15) is 30.8 Å². The van der Waals surface area contributed by atoms with Gasteiger partial charge in [0.25, 0.3) is 0 Å². The molecule has 2 aliphatic rings. The lowest BCUT2D eigenvalue weighted by Crippen LogP contribution is -2.32. The molecule has 2 aliphatic heterocycles. The van der Waals surface area contributed by atoms with Gasteiger partial charge in [0.05, 0.1) is 29.0 Å². The van der Waals surface area contributed by atoms with Crippen LogP contribution >= 0.6 is 11.8 Å². The predicted octanol–water partition coefficient (Wildman–Crippen LogP) is 5.58. The maximum atomic E-state index is 15.6. The fraction of sp³-hybridized carbons (Fsp3) is 0.367. The van der Waals surface area contributed by atoms with E-state index < -0.39 is 66.2 Å². The van der Waals surface area contributed by atoms with Crippen molar-refractivity contribution >= 4 is 50.8 Å². The molecule has 48 heavy (non-hydrogen) atoms. The van der Waals surface area contributed by atoms with Crippen molar-refractivity contribution < 1.29 is 44.6 Å². The van der Waals surface area contributed by atoms with Crippen molar-refractivity contribution in [2.45, 2.75) is 66.3 Å². The second kappa shape index (κ2) is 13.3. The van der Waals surface area contributed by atoms with Crippen molar-refractivity contribution in [3.05, 3.63) is 58.9 Å². The smallest absolute Gasteiger partial charge is 0.302 e. The van der Waals surface area contributed by atoms with Gasteiger partial charge in [-0.2, -0.15) is 10.1 Å². The number of anilines is 1. The number of esters is 1. The first-order valence-corrected chi connectivity index (χ1v) is 16.6. The summed E-state index contributed by atoms with van der Waals surface area (Å²) in [7, 11) is -3.43. The molecule has 0 bridgehead atoms. The number of sulfone groups is 1. The molecular weight excluding hydrogens is 683 g/mol. The molecule has 3 heterocycles. The SMILES string of the molecule is COc1c(N=C2CC(C)=NN2)nc(Sc2ccc(S(=O)(=O)C(C)(C)c3c(F)c(F)cc(F)c3F)cc2F)nc1N1CCC(OC(C)=O)C1. The minimum absolute atomic E-state index is 0.00839. The molecule has 0 spiro atoms. The largest absolute Gasteiger partial charge is 0.490 e. The summed E-state index contributed by atoms with van der Waals surface area (Å²) >= 11 is 0.725. The van der Waals surface area contributed by atoms with Crippen LogP contribution in [0.15, 0.2) is 49.3 Å². The van der Waals surface area contributed by atoms with Crippen LogP contribution in [0.1, 0.15) is 46.1 Å². The fourth-order valence-electron chi connectivity index (χ4n) is 5.21. The Morgan fingerprint density at radius 3 is 2.35 bits per heavy atom. The highest BCUT2D eigenvalue weighted by molar-refractivity contribution is 7.99. The number of hydrogen-bond donors (Lipinski definition) is 1. The summed E-state index contributed by atoms with van der Waals surface area (Å²) in [6, 6.07) is 2.69. The van der Waals surface area contributed by atoms with Crippen LogP contribution in [0, 0.1) is 29.1 Å². The van der Waals surface area contributed by atoms with Crippen LogP contribution in [0.4, 0.5) is 33.6 Å². The molecule has 1 fully saturated rings. The molecule has 0 aliphatic carbocycles. The molecule has 18 heteroatoms. The first kappa shape index (κ1) is 35.0. The minimum atomic E-state index is -4.84. The van der Waals surface area contributed by atoms with Gasteiger partial charge in [0.1, 0.15) is 22.5 Å². The summed E-state index contributed by atoms with van der Waals surface area (Å²) in [5.41, 5.74) is 2.21. The zero-order valence-corrected chi connectivity index (χ0v) is 27.8. The minimum Gasteiger partial charge on any atom is -0.490 e. The average molecular weight is 713 g/mol. The second-order valence-corrected chi connectivity index (χ2v) is 14.9. The van der Waals surface area contributed by atoms with Crippen LogP contribution < -0.4 is 15.1 Å². The van der Waals surface area contributed by atoms with Gasteiger partial charge in [-0.3, -0.25) is 10.2 Å². The van der Waals surface area contributed by atoms with Crippen LogP contribution in [-0.2, 0) is 24.1 Å². The third-order valence-corrected chi connectivity index (χ3v) is 11.0. The molecule has 256 valence electrons. The Morgan fingerprint density at radius 2 is 1.77 bits per heavy atom. The third-order valence-electron chi connectivity index (χ3n) is 7.63. The molecule has 0 saturated carbocycles. The molecule has 3 aromatic rings. The maximum absolute atomic E-state index is 15.6. The number of benzene rings is 2. The van der Waals surface area contributed by atoms with Gasteiger partial charge in [0.15, 0.2) is 44.1 Å². The molecule has 1 unspecified atom stereocenters. The lowest BCUT2D eigenvalue weighted by atomic mass is 10.0. The number of nitrogens with zero attached hydrogens (tertiary/aromatic N) is 5. The van der Waals surface area contributed by atoms with Gasteiger partial charge < -0.3 is 14.4 Å². The Kier molecular flexibility index (Phi) is 9.69. The zero-order valence-electron chi connectivity index (χ0n) is 26.2.